The highest BCUT2D eigenvalue weighted by Gasteiger charge is 2.23. The SMILES string of the molecule is COc1c(OC2CCSC2)cccc1C1CCCCN1. The molecule has 0 saturated carbocycles. The molecule has 0 aliphatic carbocycles. The van der Waals surface area contributed by atoms with E-state index in [4.69, 9.17) is 9.47 Å². The van der Waals surface area contributed by atoms with Gasteiger partial charge in [0, 0.05) is 17.4 Å². The van der Waals surface area contributed by atoms with Crippen molar-refractivity contribution < 1.29 is 9.47 Å². The average Bonchev–Trinajstić information content (AvgIpc) is 3.01. The summed E-state index contributed by atoms with van der Waals surface area (Å²) in [5, 5.41) is 3.59. The van der Waals surface area contributed by atoms with E-state index in [2.05, 4.69) is 17.4 Å². The van der Waals surface area contributed by atoms with Gasteiger partial charge in [0.1, 0.15) is 6.10 Å². The minimum Gasteiger partial charge on any atom is -0.493 e. The molecule has 4 heteroatoms. The summed E-state index contributed by atoms with van der Waals surface area (Å²) in [7, 11) is 1.75. The lowest BCUT2D eigenvalue weighted by molar-refractivity contribution is 0.217. The summed E-state index contributed by atoms with van der Waals surface area (Å²) in [6, 6.07) is 6.69. The molecular weight excluding hydrogens is 270 g/mol. The summed E-state index contributed by atoms with van der Waals surface area (Å²) in [6.07, 6.45) is 5.21. The molecule has 3 rings (SSSR count). The van der Waals surface area contributed by atoms with Gasteiger partial charge < -0.3 is 14.8 Å². The monoisotopic (exact) mass is 293 g/mol. The standard InChI is InChI=1S/C16H23NO2S/c1-18-16-13(14-6-2-3-9-17-14)5-4-7-15(16)19-12-8-10-20-11-12/h4-5,7,12,14,17H,2-3,6,8-11H2,1H3. The summed E-state index contributed by atoms with van der Waals surface area (Å²) >= 11 is 1.97. The third kappa shape index (κ3) is 3.07. The highest BCUT2D eigenvalue weighted by atomic mass is 32.2. The van der Waals surface area contributed by atoms with Crippen LogP contribution in [-0.4, -0.2) is 31.3 Å². The zero-order valence-electron chi connectivity index (χ0n) is 12.1. The lowest BCUT2D eigenvalue weighted by Gasteiger charge is -2.26. The Morgan fingerprint density at radius 2 is 2.20 bits per heavy atom. The Bertz CT molecular complexity index is 440. The number of benzene rings is 1. The molecule has 1 aromatic rings. The van der Waals surface area contributed by atoms with Crippen molar-refractivity contribution in [2.75, 3.05) is 25.2 Å². The molecule has 2 unspecified atom stereocenters. The van der Waals surface area contributed by atoms with Crippen molar-refractivity contribution in [2.45, 2.75) is 37.8 Å². The van der Waals surface area contributed by atoms with Crippen LogP contribution < -0.4 is 14.8 Å². The van der Waals surface area contributed by atoms with Crippen LogP contribution in [0.3, 0.4) is 0 Å². The lowest BCUT2D eigenvalue weighted by atomic mass is 9.96. The molecule has 2 atom stereocenters. The van der Waals surface area contributed by atoms with E-state index < -0.39 is 0 Å². The van der Waals surface area contributed by atoms with Crippen LogP contribution >= 0.6 is 11.8 Å². The predicted octanol–water partition coefficient (Wildman–Crippen LogP) is 3.39. The van der Waals surface area contributed by atoms with Crippen molar-refractivity contribution in [2.24, 2.45) is 0 Å². The van der Waals surface area contributed by atoms with Gasteiger partial charge in [0.15, 0.2) is 11.5 Å². The van der Waals surface area contributed by atoms with E-state index in [-0.39, 0.29) is 0 Å². The van der Waals surface area contributed by atoms with Crippen LogP contribution in [0.2, 0.25) is 0 Å². The van der Waals surface area contributed by atoms with Crippen molar-refractivity contribution in [1.82, 2.24) is 5.32 Å². The summed E-state index contributed by atoms with van der Waals surface area (Å²) in [5.74, 6) is 4.13. The van der Waals surface area contributed by atoms with E-state index >= 15 is 0 Å². The maximum Gasteiger partial charge on any atom is 0.165 e. The molecule has 0 radical (unpaired) electrons. The Balaban J connectivity index is 1.82. The Hall–Kier alpha value is -0.870. The van der Waals surface area contributed by atoms with Crippen molar-refractivity contribution in [3.05, 3.63) is 23.8 Å². The van der Waals surface area contributed by atoms with Crippen molar-refractivity contribution in [1.29, 1.82) is 0 Å². The van der Waals surface area contributed by atoms with Crippen LogP contribution in [0.15, 0.2) is 18.2 Å². The summed E-state index contributed by atoms with van der Waals surface area (Å²) in [6.45, 7) is 1.10. The van der Waals surface area contributed by atoms with Crippen molar-refractivity contribution >= 4 is 11.8 Å². The van der Waals surface area contributed by atoms with Gasteiger partial charge in [-0.25, -0.2) is 0 Å². The number of piperidine rings is 1. The van der Waals surface area contributed by atoms with Crippen LogP contribution in [-0.2, 0) is 0 Å². The van der Waals surface area contributed by atoms with Gasteiger partial charge >= 0.3 is 0 Å². The molecule has 0 bridgehead atoms. The van der Waals surface area contributed by atoms with E-state index in [0.29, 0.717) is 12.1 Å². The predicted molar refractivity (Wildman–Crippen MR) is 83.9 cm³/mol. The Morgan fingerprint density at radius 1 is 1.25 bits per heavy atom. The van der Waals surface area contributed by atoms with Gasteiger partial charge in [-0.15, -0.1) is 0 Å². The first-order valence-electron chi connectivity index (χ1n) is 7.53. The van der Waals surface area contributed by atoms with Gasteiger partial charge in [0.25, 0.3) is 0 Å². The normalized spacial score (nSPS) is 26.4. The van der Waals surface area contributed by atoms with Crippen LogP contribution in [0.25, 0.3) is 0 Å². The third-order valence-electron chi connectivity index (χ3n) is 4.08. The third-order valence-corrected chi connectivity index (χ3v) is 5.21. The number of hydrogen-bond donors (Lipinski definition) is 1. The molecule has 3 nitrogen and oxygen atoms in total. The van der Waals surface area contributed by atoms with Crippen molar-refractivity contribution in [3.8, 4) is 11.5 Å². The molecule has 2 heterocycles. The minimum absolute atomic E-state index is 0.337. The molecule has 1 N–H and O–H groups in total. The maximum absolute atomic E-state index is 6.16. The first kappa shape index (κ1) is 14.1. The zero-order chi connectivity index (χ0) is 13.8. The van der Waals surface area contributed by atoms with E-state index in [1.807, 2.05) is 17.8 Å². The van der Waals surface area contributed by atoms with Gasteiger partial charge in [0.05, 0.1) is 7.11 Å². The lowest BCUT2D eigenvalue weighted by Crippen LogP contribution is -2.27. The minimum atomic E-state index is 0.337. The van der Waals surface area contributed by atoms with E-state index in [1.54, 1.807) is 7.11 Å². The Labute approximate surface area is 125 Å². The number of thioether (sulfide) groups is 1. The number of hydrogen-bond acceptors (Lipinski definition) is 4. The van der Waals surface area contributed by atoms with Gasteiger partial charge in [-0.1, -0.05) is 18.6 Å². The first-order chi connectivity index (χ1) is 9.88. The highest BCUT2D eigenvalue weighted by molar-refractivity contribution is 7.99. The summed E-state index contributed by atoms with van der Waals surface area (Å²) < 4.78 is 11.8. The number of ether oxygens (including phenoxy) is 2. The molecule has 0 amide bonds. The number of methoxy groups -OCH3 is 1. The molecule has 20 heavy (non-hydrogen) atoms. The van der Waals surface area contributed by atoms with Gasteiger partial charge in [-0.3, -0.25) is 0 Å². The molecule has 2 fully saturated rings. The van der Waals surface area contributed by atoms with Gasteiger partial charge in [0.2, 0.25) is 0 Å². The molecule has 2 aliphatic rings. The second kappa shape index (κ2) is 6.72. The van der Waals surface area contributed by atoms with E-state index in [0.717, 1.165) is 30.2 Å². The summed E-state index contributed by atoms with van der Waals surface area (Å²) in [5.41, 5.74) is 1.25. The second-order valence-electron chi connectivity index (χ2n) is 5.48. The number of nitrogens with one attached hydrogen (secondary N) is 1. The van der Waals surface area contributed by atoms with Crippen LogP contribution in [0.5, 0.6) is 11.5 Å². The largest absolute Gasteiger partial charge is 0.493 e. The highest BCUT2D eigenvalue weighted by Crippen LogP contribution is 2.38. The molecule has 0 aromatic heterocycles. The van der Waals surface area contributed by atoms with E-state index in [9.17, 15) is 0 Å². The molecule has 2 saturated heterocycles. The second-order valence-corrected chi connectivity index (χ2v) is 6.63. The van der Waals surface area contributed by atoms with Crippen molar-refractivity contribution in [3.63, 3.8) is 0 Å². The fourth-order valence-corrected chi connectivity index (χ4v) is 4.11. The summed E-state index contributed by atoms with van der Waals surface area (Å²) in [4.78, 5) is 0. The Kier molecular flexibility index (Phi) is 4.73. The van der Waals surface area contributed by atoms with Crippen LogP contribution in [0.4, 0.5) is 0 Å². The molecule has 110 valence electrons. The number of rotatable bonds is 4. The van der Waals surface area contributed by atoms with E-state index in [1.165, 1.54) is 30.6 Å². The molecule has 2 aliphatic heterocycles. The topological polar surface area (TPSA) is 30.5 Å². The fraction of sp³-hybridized carbons (Fsp3) is 0.625. The van der Waals surface area contributed by atoms with Crippen LogP contribution in [0.1, 0.15) is 37.3 Å². The average molecular weight is 293 g/mol. The zero-order valence-corrected chi connectivity index (χ0v) is 12.9. The first-order valence-corrected chi connectivity index (χ1v) is 8.68. The van der Waals surface area contributed by atoms with Crippen LogP contribution in [0, 0.1) is 0 Å². The number of para-hydroxylation sites is 1. The smallest absolute Gasteiger partial charge is 0.165 e. The quantitative estimate of drug-likeness (QED) is 0.922. The van der Waals surface area contributed by atoms with Gasteiger partial charge in [-0.05, 0) is 37.6 Å². The van der Waals surface area contributed by atoms with Gasteiger partial charge in [-0.2, -0.15) is 11.8 Å². The molecule has 0 spiro atoms. The molecular formula is C16H23NO2S. The maximum atomic E-state index is 6.16. The molecule has 1 aromatic carbocycles. The fourth-order valence-electron chi connectivity index (χ4n) is 3.02. The Morgan fingerprint density at radius 3 is 2.90 bits per heavy atom.